The molecule has 9 amide bonds. The number of aryl methyl sites for hydroxylation is 8. The molecule has 4 aromatic carbocycles. The molecule has 0 saturated carbocycles. The molecule has 112 heavy (non-hydrogen) atoms. The van der Waals surface area contributed by atoms with Crippen molar-refractivity contribution in [1.82, 2.24) is 64.1 Å². The summed E-state index contributed by atoms with van der Waals surface area (Å²) in [5.74, 6) is -1.60. The van der Waals surface area contributed by atoms with Gasteiger partial charge < -0.3 is 42.0 Å². The van der Waals surface area contributed by atoms with E-state index in [0.717, 1.165) is 247 Å². The van der Waals surface area contributed by atoms with Crippen molar-refractivity contribution in [3.8, 4) is 0 Å². The highest BCUT2D eigenvalue weighted by atomic mass is 32.2. The summed E-state index contributed by atoms with van der Waals surface area (Å²) >= 11 is 0. The van der Waals surface area contributed by atoms with Crippen LogP contribution >= 0.6 is 0 Å². The minimum atomic E-state index is -4.45. The van der Waals surface area contributed by atoms with Gasteiger partial charge in [0.15, 0.2) is 11.5 Å². The van der Waals surface area contributed by atoms with Crippen LogP contribution in [0.4, 0.5) is 58.1 Å². The van der Waals surface area contributed by atoms with E-state index in [-0.39, 0.29) is 27.4 Å². The van der Waals surface area contributed by atoms with Gasteiger partial charge in [-0.25, -0.2) is 86.4 Å². The van der Waals surface area contributed by atoms with Crippen LogP contribution in [0.25, 0.3) is 0 Å². The van der Waals surface area contributed by atoms with Gasteiger partial charge >= 0.3 is 24.1 Å². The lowest BCUT2D eigenvalue weighted by molar-refractivity contribution is 0.0953. The minimum Gasteiger partial charge on any atom is -0.383 e. The van der Waals surface area contributed by atoms with Gasteiger partial charge in [-0.3, -0.25) is 4.79 Å². The highest BCUT2D eigenvalue weighted by Gasteiger charge is 2.34. The summed E-state index contributed by atoms with van der Waals surface area (Å²) < 4.78 is 127. The molecule has 590 valence electrons. The van der Waals surface area contributed by atoms with E-state index in [4.69, 9.17) is 4.74 Å². The Labute approximate surface area is 646 Å². The van der Waals surface area contributed by atoms with Crippen LogP contribution < -0.4 is 56.1 Å². The molecule has 0 unspecified atom stereocenters. The fourth-order valence-corrected chi connectivity index (χ4v) is 19.6. The molecule has 8 aliphatic carbocycles. The summed E-state index contributed by atoms with van der Waals surface area (Å²) in [4.78, 5) is 91.7. The van der Waals surface area contributed by atoms with Gasteiger partial charge in [0.05, 0.1) is 19.0 Å². The van der Waals surface area contributed by atoms with Crippen LogP contribution in [-0.4, -0.2) is 138 Å². The lowest BCUT2D eigenvalue weighted by Gasteiger charge is -2.16. The Hall–Kier alpha value is -11.0. The number of carbonyl (C=O) groups excluding carboxylic acids is 5. The third kappa shape index (κ3) is 17.5. The van der Waals surface area contributed by atoms with E-state index < -0.39 is 86.1 Å². The number of hydrogen-bond donors (Lipinski definition) is 11. The highest BCUT2D eigenvalue weighted by molar-refractivity contribution is 7.91. The SMILES string of the molecule is CNC(=O)c1nccnc1S(=O)(=O)NC(=O)Nc1c2c(cc3c1CCC3)CCC2.CNc1nccnc1S(=O)(=O)NC(=O)Nc1c2c(cc3c1CCC3)CCC2.COCCNc1ncc(S(=O)(=O)NC(=O)Nc2c3c(cc4c2CCC4)CCC3)cn1.O=C(Nc1c2c(cc3c1CCC3)CCC2)NS(=O)(=O)c1nccnc1F. The van der Waals surface area contributed by atoms with Crippen LogP contribution in [0.5, 0.6) is 0 Å². The molecular weight excluding hydrogens is 1530 g/mol. The second kappa shape index (κ2) is 33.9. The number of nitrogens with one attached hydrogen (secondary N) is 11. The van der Waals surface area contributed by atoms with E-state index in [1.807, 2.05) is 9.44 Å². The number of rotatable bonds is 18. The predicted octanol–water partition coefficient (Wildman–Crippen LogP) is 7.46. The average molecular weight is 1610 g/mol. The Morgan fingerprint density at radius 3 is 1.03 bits per heavy atom. The Morgan fingerprint density at radius 2 is 0.688 bits per heavy atom. The number of methoxy groups -OCH3 is 1. The molecule has 0 saturated heterocycles. The van der Waals surface area contributed by atoms with Gasteiger partial charge in [-0.1, -0.05) is 24.3 Å². The van der Waals surface area contributed by atoms with Crippen LogP contribution in [0.2, 0.25) is 0 Å². The van der Waals surface area contributed by atoms with Crippen molar-refractivity contribution < 1.29 is 66.8 Å². The van der Waals surface area contributed by atoms with Crippen molar-refractivity contribution in [3.05, 3.63) is 174 Å². The molecule has 8 aliphatic rings. The molecule has 0 aliphatic heterocycles. The van der Waals surface area contributed by atoms with E-state index in [9.17, 15) is 62.0 Å². The quantitative estimate of drug-likeness (QED) is 0.0371. The molecule has 0 fully saturated rings. The van der Waals surface area contributed by atoms with Crippen molar-refractivity contribution in [2.24, 2.45) is 0 Å². The van der Waals surface area contributed by atoms with Crippen LogP contribution in [-0.2, 0) is 148 Å². The molecule has 38 heteroatoms. The third-order valence-electron chi connectivity index (χ3n) is 20.7. The number of fused-ring (bicyclic) bond motifs is 8. The number of anilines is 6. The van der Waals surface area contributed by atoms with Crippen LogP contribution in [0.1, 0.15) is 151 Å². The number of carbonyl (C=O) groups is 5. The molecule has 33 nitrogen and oxygen atoms in total. The van der Waals surface area contributed by atoms with Gasteiger partial charge in [0.2, 0.25) is 21.0 Å². The molecule has 0 atom stereocenters. The summed E-state index contributed by atoms with van der Waals surface area (Å²) in [6.45, 7) is 0.965. The lowest BCUT2D eigenvalue weighted by Crippen LogP contribution is -2.37. The maximum atomic E-state index is 13.6. The zero-order valence-corrected chi connectivity index (χ0v) is 64.9. The monoisotopic (exact) mass is 1610 g/mol. The second-order valence-electron chi connectivity index (χ2n) is 27.7. The van der Waals surface area contributed by atoms with Gasteiger partial charge in [-0.15, -0.1) is 0 Å². The van der Waals surface area contributed by atoms with Crippen LogP contribution in [0.15, 0.2) is 93.8 Å². The minimum absolute atomic E-state index is 0.0827. The Balaban J connectivity index is 0.000000131. The van der Waals surface area contributed by atoms with Gasteiger partial charge in [-0.2, -0.15) is 29.6 Å². The molecule has 8 aromatic rings. The first-order chi connectivity index (χ1) is 53.8. The molecule has 11 N–H and O–H groups in total. The number of amides is 9. The fourth-order valence-electron chi connectivity index (χ4n) is 15.9. The topological polar surface area (TPSA) is 467 Å². The van der Waals surface area contributed by atoms with E-state index in [0.29, 0.717) is 18.8 Å². The zero-order chi connectivity index (χ0) is 79.1. The molecule has 4 aromatic heterocycles. The van der Waals surface area contributed by atoms with Crippen molar-refractivity contribution >= 4 is 105 Å². The summed E-state index contributed by atoms with van der Waals surface area (Å²) in [5, 5.41) is 17.1. The Kier molecular flexibility index (Phi) is 24.0. The highest BCUT2D eigenvalue weighted by Crippen LogP contribution is 2.43. The molecule has 0 spiro atoms. The number of hydrogen-bond acceptors (Lipinski definition) is 24. The van der Waals surface area contributed by atoms with Crippen molar-refractivity contribution in [1.29, 1.82) is 0 Å². The lowest BCUT2D eigenvalue weighted by atomic mass is 9.99. The summed E-state index contributed by atoms with van der Waals surface area (Å²) in [5.41, 5.74) is 21.4. The van der Waals surface area contributed by atoms with Gasteiger partial charge in [0.1, 0.15) is 4.90 Å². The molecular formula is C74H84FN19O14S4. The molecule has 16 rings (SSSR count). The zero-order valence-electron chi connectivity index (χ0n) is 61.6. The number of aromatic nitrogens is 8. The number of nitrogens with zero attached hydrogens (tertiary/aromatic N) is 8. The molecule has 0 bridgehead atoms. The first-order valence-electron chi connectivity index (χ1n) is 36.9. The van der Waals surface area contributed by atoms with Gasteiger partial charge in [-0.05, 0) is 243 Å². The maximum absolute atomic E-state index is 13.6. The van der Waals surface area contributed by atoms with E-state index >= 15 is 0 Å². The van der Waals surface area contributed by atoms with Gasteiger partial charge in [0.25, 0.3) is 51.9 Å². The first-order valence-corrected chi connectivity index (χ1v) is 42.8. The van der Waals surface area contributed by atoms with Crippen LogP contribution in [0.3, 0.4) is 0 Å². The second-order valence-corrected chi connectivity index (χ2v) is 34.2. The number of benzene rings is 4. The van der Waals surface area contributed by atoms with Crippen molar-refractivity contribution in [3.63, 3.8) is 0 Å². The number of ether oxygens (including phenoxy) is 1. The van der Waals surface area contributed by atoms with Gasteiger partial charge in [0, 0.05) is 87.7 Å². The molecule has 4 heterocycles. The summed E-state index contributed by atoms with van der Waals surface area (Å²) in [7, 11) is -12.6. The van der Waals surface area contributed by atoms with E-state index in [1.165, 1.54) is 70.1 Å². The normalized spacial score (nSPS) is 15.0. The third-order valence-corrected chi connectivity index (χ3v) is 25.7. The van der Waals surface area contributed by atoms with Crippen molar-refractivity contribution in [2.75, 3.05) is 66.3 Å². The summed E-state index contributed by atoms with van der Waals surface area (Å²) in [6, 6.07) is 5.58. The number of sulfonamides is 4. The smallest absolute Gasteiger partial charge is 0.333 e. The molecule has 0 radical (unpaired) electrons. The van der Waals surface area contributed by atoms with E-state index in [2.05, 4.69) is 111 Å². The Bertz CT molecular complexity index is 5420. The number of halogens is 1. The largest absolute Gasteiger partial charge is 0.383 e. The fraction of sp³-hybridized carbons (Fsp3) is 0.392. The predicted molar refractivity (Wildman–Crippen MR) is 411 cm³/mol. The standard InChI is InChI=1S/C20H25N5O4S.C19H21N5O4S.C18H21N5O3S.C17H17FN4O3S/c1-29-9-8-21-19-22-11-15(12-23-19)30(27,28)25-20(26)24-18-16-6-2-4-13(16)10-14-5-3-7-17(14)18;1-20-17(25)16-18(22-9-8-21-16)29(27,28)24-19(26)23-15-13-6-2-4-11(13)10-12-5-3-7-14(12)15;1-19-16-17(21-9-8-20-16)27(25,26)23-18(24)22-15-13-6-2-4-11(13)10-12-5-3-7-14(12)15;18-15-16(20-8-7-19-15)26(24,25)22-17(23)21-14-12-5-1-3-10(12)9-11-4-2-6-13(11)14/h10-12H,2-9H2,1H3,(H,21,22,23)(H2,24,25,26);8-10H,2-7H2,1H3,(H,20,25)(H2,23,24,26);8-10H,2-7H2,1H3,(H,19,20)(H2,22,23,24);7-9H,1-6H2,(H2,21,22,23). The average Bonchev–Trinajstić information content (AvgIpc) is 1.65. The maximum Gasteiger partial charge on any atom is 0.333 e. The number of urea groups is 4. The van der Waals surface area contributed by atoms with Crippen molar-refractivity contribution in [2.45, 2.75) is 174 Å². The summed E-state index contributed by atoms with van der Waals surface area (Å²) in [6.07, 6.45) is 32.5. The van der Waals surface area contributed by atoms with Crippen LogP contribution in [0, 0.1) is 5.95 Å². The first kappa shape index (κ1) is 79.1. The van der Waals surface area contributed by atoms with E-state index in [1.54, 1.807) is 14.2 Å². The Morgan fingerprint density at radius 1 is 0.384 bits per heavy atom.